The summed E-state index contributed by atoms with van der Waals surface area (Å²) in [6.07, 6.45) is 71.1. The van der Waals surface area contributed by atoms with Gasteiger partial charge in [-0.1, -0.05) is 218 Å². The van der Waals surface area contributed by atoms with Crippen LogP contribution in [-0.2, 0) is 28.6 Å². The van der Waals surface area contributed by atoms with Crippen LogP contribution in [0, 0.1) is 0 Å². The van der Waals surface area contributed by atoms with E-state index in [-0.39, 0.29) is 44.0 Å². The monoisotopic (exact) mass is 867 g/mol. The fourth-order valence-corrected chi connectivity index (χ4v) is 5.94. The number of rotatable bonds is 41. The quantitative estimate of drug-likeness (QED) is 0.0264. The Labute approximate surface area is 385 Å². The molecule has 0 aromatic carbocycles. The van der Waals surface area contributed by atoms with E-state index in [0.717, 1.165) is 96.3 Å². The number of ether oxygens (including phenoxy) is 3. The molecule has 0 heterocycles. The van der Waals surface area contributed by atoms with Gasteiger partial charge in [0.1, 0.15) is 13.2 Å². The van der Waals surface area contributed by atoms with E-state index >= 15 is 0 Å². The Morgan fingerprint density at radius 2 is 0.619 bits per heavy atom. The highest BCUT2D eigenvalue weighted by Crippen LogP contribution is 2.12. The molecule has 0 aromatic heterocycles. The molecular formula is C57H86O6. The highest BCUT2D eigenvalue weighted by Gasteiger charge is 2.19. The van der Waals surface area contributed by atoms with Gasteiger partial charge in [0.2, 0.25) is 0 Å². The first-order valence-corrected chi connectivity index (χ1v) is 24.5. The molecule has 0 aliphatic heterocycles. The van der Waals surface area contributed by atoms with Crippen LogP contribution < -0.4 is 0 Å². The van der Waals surface area contributed by atoms with Gasteiger partial charge < -0.3 is 14.2 Å². The predicted molar refractivity (Wildman–Crippen MR) is 269 cm³/mol. The molecule has 0 N–H and O–H groups in total. The normalized spacial score (nSPS) is 13.4. The highest BCUT2D eigenvalue weighted by molar-refractivity contribution is 5.71. The van der Waals surface area contributed by atoms with Gasteiger partial charge in [-0.05, 0) is 83.5 Å². The van der Waals surface area contributed by atoms with E-state index in [1.807, 2.05) is 97.2 Å². The molecule has 0 aromatic rings. The van der Waals surface area contributed by atoms with Crippen LogP contribution in [0.4, 0.5) is 0 Å². The molecule has 350 valence electrons. The smallest absolute Gasteiger partial charge is 0.306 e. The van der Waals surface area contributed by atoms with Gasteiger partial charge in [0, 0.05) is 19.3 Å². The van der Waals surface area contributed by atoms with Crippen LogP contribution >= 0.6 is 0 Å². The van der Waals surface area contributed by atoms with Crippen molar-refractivity contribution in [1.82, 2.24) is 0 Å². The van der Waals surface area contributed by atoms with Crippen LogP contribution in [0.25, 0.3) is 0 Å². The van der Waals surface area contributed by atoms with Crippen LogP contribution in [0.2, 0.25) is 0 Å². The first-order valence-electron chi connectivity index (χ1n) is 24.5. The summed E-state index contributed by atoms with van der Waals surface area (Å²) in [7, 11) is 0. The van der Waals surface area contributed by atoms with Gasteiger partial charge in [0.15, 0.2) is 6.10 Å². The third-order valence-corrected chi connectivity index (χ3v) is 9.59. The number of allylic oxidation sites excluding steroid dienone is 24. The summed E-state index contributed by atoms with van der Waals surface area (Å²) < 4.78 is 16.7. The predicted octanol–water partition coefficient (Wildman–Crippen LogP) is 16.1. The highest BCUT2D eigenvalue weighted by atomic mass is 16.6. The maximum absolute atomic E-state index is 12.8. The summed E-state index contributed by atoms with van der Waals surface area (Å²) in [5.74, 6) is -1.03. The lowest BCUT2D eigenvalue weighted by molar-refractivity contribution is -0.167. The number of hydrogen-bond donors (Lipinski definition) is 0. The zero-order chi connectivity index (χ0) is 45.8. The van der Waals surface area contributed by atoms with E-state index in [1.165, 1.54) is 32.1 Å². The van der Waals surface area contributed by atoms with Gasteiger partial charge in [-0.15, -0.1) is 0 Å². The maximum Gasteiger partial charge on any atom is 0.306 e. The van der Waals surface area contributed by atoms with Gasteiger partial charge in [-0.2, -0.15) is 0 Å². The molecule has 6 heteroatoms. The van der Waals surface area contributed by atoms with Crippen molar-refractivity contribution in [2.75, 3.05) is 13.2 Å². The van der Waals surface area contributed by atoms with Crippen molar-refractivity contribution >= 4 is 17.9 Å². The van der Waals surface area contributed by atoms with Crippen molar-refractivity contribution in [3.05, 3.63) is 146 Å². The third-order valence-electron chi connectivity index (χ3n) is 9.59. The molecule has 63 heavy (non-hydrogen) atoms. The van der Waals surface area contributed by atoms with Gasteiger partial charge in [0.25, 0.3) is 0 Å². The van der Waals surface area contributed by atoms with Gasteiger partial charge >= 0.3 is 17.9 Å². The van der Waals surface area contributed by atoms with Crippen molar-refractivity contribution in [1.29, 1.82) is 0 Å². The Morgan fingerprint density at radius 3 is 1.00 bits per heavy atom. The Morgan fingerprint density at radius 1 is 0.333 bits per heavy atom. The summed E-state index contributed by atoms with van der Waals surface area (Å²) in [5, 5.41) is 0. The fraction of sp³-hybridized carbons (Fsp3) is 0.526. The van der Waals surface area contributed by atoms with Crippen LogP contribution in [0.15, 0.2) is 146 Å². The second kappa shape index (κ2) is 49.9. The van der Waals surface area contributed by atoms with Gasteiger partial charge in [-0.25, -0.2) is 0 Å². The fourth-order valence-electron chi connectivity index (χ4n) is 5.94. The van der Waals surface area contributed by atoms with Gasteiger partial charge in [0.05, 0.1) is 0 Å². The van der Waals surface area contributed by atoms with Crippen molar-refractivity contribution in [2.24, 2.45) is 0 Å². The molecule has 0 spiro atoms. The molecule has 1 unspecified atom stereocenters. The summed E-state index contributed by atoms with van der Waals surface area (Å²) in [4.78, 5) is 37.9. The molecule has 0 radical (unpaired) electrons. The summed E-state index contributed by atoms with van der Waals surface area (Å²) in [5.41, 5.74) is 0. The molecule has 0 aliphatic carbocycles. The SMILES string of the molecule is CC/C=C/C=C/C=C/C=C/C=C/C=C/CCCCCC(=O)OCC(COC(=O)CCCCC/C=C/C=C/C=C/C=C/CC)OC(=O)CCCCCCCC/C=C/C=C/CCCCC. The first kappa shape index (κ1) is 58.3. The third kappa shape index (κ3) is 48.2. The molecule has 0 amide bonds. The Kier molecular flexibility index (Phi) is 46.2. The molecule has 0 fully saturated rings. The zero-order valence-electron chi connectivity index (χ0n) is 39.8. The topological polar surface area (TPSA) is 78.9 Å². The summed E-state index contributed by atoms with van der Waals surface area (Å²) >= 11 is 0. The average molecular weight is 867 g/mol. The molecule has 0 saturated heterocycles. The second-order valence-electron chi connectivity index (χ2n) is 15.5. The van der Waals surface area contributed by atoms with Crippen LogP contribution in [0.3, 0.4) is 0 Å². The number of carbonyl (C=O) groups is 3. The maximum atomic E-state index is 12.8. The number of carbonyl (C=O) groups excluding carboxylic acids is 3. The first-order chi connectivity index (χ1) is 31.0. The lowest BCUT2D eigenvalue weighted by Gasteiger charge is -2.18. The zero-order valence-corrected chi connectivity index (χ0v) is 39.8. The molecule has 0 saturated carbocycles. The van der Waals surface area contributed by atoms with E-state index in [4.69, 9.17) is 14.2 Å². The molecule has 0 rings (SSSR count). The largest absolute Gasteiger partial charge is 0.462 e. The Balaban J connectivity index is 4.60. The average Bonchev–Trinajstić information content (AvgIpc) is 3.28. The van der Waals surface area contributed by atoms with E-state index < -0.39 is 6.10 Å². The molecule has 1 atom stereocenters. The van der Waals surface area contributed by atoms with Crippen molar-refractivity contribution in [3.8, 4) is 0 Å². The summed E-state index contributed by atoms with van der Waals surface area (Å²) in [6.45, 7) is 6.20. The second-order valence-corrected chi connectivity index (χ2v) is 15.5. The minimum absolute atomic E-state index is 0.125. The minimum atomic E-state index is -0.825. The minimum Gasteiger partial charge on any atom is -0.462 e. The van der Waals surface area contributed by atoms with E-state index in [0.29, 0.717) is 12.8 Å². The Hall–Kier alpha value is -4.71. The van der Waals surface area contributed by atoms with Crippen molar-refractivity contribution < 1.29 is 28.6 Å². The lowest BCUT2D eigenvalue weighted by atomic mass is 10.1. The number of unbranched alkanes of at least 4 members (excludes halogenated alkanes) is 15. The number of esters is 3. The van der Waals surface area contributed by atoms with Gasteiger partial charge in [-0.3, -0.25) is 14.4 Å². The van der Waals surface area contributed by atoms with Crippen molar-refractivity contribution in [3.63, 3.8) is 0 Å². The standard InChI is InChI=1S/C57H86O6/c1-4-7-10-13-16-19-22-25-27-28-30-32-35-38-41-44-47-50-56(59)62-53-54(52-61-55(58)49-46-43-40-37-34-31-24-21-18-15-12-9-6-3)63-57(60)51-48-45-42-39-36-33-29-26-23-20-17-14-11-8-5-2/h7,9-10,12-13,15-28,30-32,34-35,54H,4-6,8,11,14,29,33,36-53H2,1-3H3/b10-7+,12-9+,16-13+,18-15+,20-17+,22-19+,24-21+,26-23+,27-25+,30-28+,34-31+,35-32+. The van der Waals surface area contributed by atoms with Crippen LogP contribution in [-0.4, -0.2) is 37.2 Å². The molecule has 6 nitrogen and oxygen atoms in total. The molecule has 0 aliphatic rings. The van der Waals surface area contributed by atoms with E-state index in [1.54, 1.807) is 0 Å². The number of hydrogen-bond acceptors (Lipinski definition) is 6. The lowest BCUT2D eigenvalue weighted by Crippen LogP contribution is -2.30. The molecular weight excluding hydrogens is 781 g/mol. The van der Waals surface area contributed by atoms with Crippen molar-refractivity contribution in [2.45, 2.75) is 181 Å². The van der Waals surface area contributed by atoms with E-state index in [2.05, 4.69) is 69.4 Å². The van der Waals surface area contributed by atoms with Crippen LogP contribution in [0.5, 0.6) is 0 Å². The van der Waals surface area contributed by atoms with Crippen LogP contribution in [0.1, 0.15) is 175 Å². The van der Waals surface area contributed by atoms with E-state index in [9.17, 15) is 14.4 Å². The Bertz CT molecular complexity index is 1460. The summed E-state index contributed by atoms with van der Waals surface area (Å²) in [6, 6.07) is 0. The molecule has 0 bridgehead atoms.